The Bertz CT molecular complexity index is 944. The molecule has 1 aromatic heterocycles. The Kier molecular flexibility index (Phi) is 4.84. The number of alkyl halides is 3. The summed E-state index contributed by atoms with van der Waals surface area (Å²) in [6, 6.07) is 2.19. The lowest BCUT2D eigenvalue weighted by Gasteiger charge is -2.27. The molecule has 1 aliphatic heterocycles. The summed E-state index contributed by atoms with van der Waals surface area (Å²) < 4.78 is 63.2. The van der Waals surface area contributed by atoms with Crippen LogP contribution in [0.2, 0.25) is 0 Å². The Labute approximate surface area is 152 Å². The smallest absolute Gasteiger partial charge is 0.361 e. The lowest BCUT2D eigenvalue weighted by atomic mass is 10.2. The molecule has 2 heterocycles. The van der Waals surface area contributed by atoms with Crippen molar-refractivity contribution in [2.45, 2.75) is 35.8 Å². The third-order valence-corrected chi connectivity index (χ3v) is 5.91. The number of aromatic nitrogens is 2. The van der Waals surface area contributed by atoms with Gasteiger partial charge in [0.05, 0.1) is 16.1 Å². The van der Waals surface area contributed by atoms with Crippen molar-refractivity contribution in [3.05, 3.63) is 47.0 Å². The Balaban J connectivity index is 1.99. The van der Waals surface area contributed by atoms with Gasteiger partial charge in [-0.25, -0.2) is 13.4 Å². The van der Waals surface area contributed by atoms with Gasteiger partial charge in [-0.05, 0) is 25.0 Å². The molecule has 1 unspecified atom stereocenters. The van der Waals surface area contributed by atoms with E-state index in [0.717, 1.165) is 25.0 Å². The molecular weight excluding hydrogens is 389 g/mol. The van der Waals surface area contributed by atoms with Crippen molar-refractivity contribution < 1.29 is 26.5 Å². The summed E-state index contributed by atoms with van der Waals surface area (Å²) in [5.41, 5.74) is -6.10. The Morgan fingerprint density at radius 2 is 2.07 bits per heavy atom. The Hall–Kier alpha value is -2.63. The second-order valence-electron chi connectivity index (χ2n) is 6.11. The minimum absolute atomic E-state index is 0.101. The van der Waals surface area contributed by atoms with Crippen molar-refractivity contribution in [2.75, 3.05) is 11.4 Å². The molecule has 0 bridgehead atoms. The number of rotatable bonds is 5. The highest BCUT2D eigenvalue weighted by atomic mass is 32.2. The van der Waals surface area contributed by atoms with E-state index in [4.69, 9.17) is 0 Å². The molecule has 0 radical (unpaired) electrons. The van der Waals surface area contributed by atoms with Crippen LogP contribution in [0.4, 0.5) is 24.5 Å². The van der Waals surface area contributed by atoms with Crippen LogP contribution in [0, 0.1) is 10.1 Å². The van der Waals surface area contributed by atoms with E-state index in [1.165, 1.54) is 0 Å². The summed E-state index contributed by atoms with van der Waals surface area (Å²) in [7, 11) is -5.66. The molecule has 1 aliphatic rings. The minimum atomic E-state index is -5.66. The molecule has 1 atom stereocenters. The zero-order valence-electron chi connectivity index (χ0n) is 13.8. The van der Waals surface area contributed by atoms with E-state index in [1.807, 2.05) is 0 Å². The van der Waals surface area contributed by atoms with Gasteiger partial charge >= 0.3 is 5.51 Å². The van der Waals surface area contributed by atoms with Gasteiger partial charge in [0.15, 0.2) is 0 Å². The van der Waals surface area contributed by atoms with E-state index in [1.54, 1.807) is 28.2 Å². The topological polar surface area (TPSA) is 98.3 Å². The molecule has 0 spiro atoms. The zero-order chi connectivity index (χ0) is 19.8. The normalized spacial score (nSPS) is 18.0. The van der Waals surface area contributed by atoms with Crippen LogP contribution in [0.5, 0.6) is 0 Å². The molecule has 2 aromatic rings. The van der Waals surface area contributed by atoms with Crippen molar-refractivity contribution in [1.82, 2.24) is 9.55 Å². The highest BCUT2D eigenvalue weighted by molar-refractivity contribution is 7.92. The summed E-state index contributed by atoms with van der Waals surface area (Å²) in [6.07, 6.45) is 6.42. The maximum absolute atomic E-state index is 12.8. The van der Waals surface area contributed by atoms with Gasteiger partial charge in [-0.2, -0.15) is 13.2 Å². The molecule has 1 fully saturated rings. The highest BCUT2D eigenvalue weighted by Gasteiger charge is 2.47. The molecule has 0 amide bonds. The van der Waals surface area contributed by atoms with Gasteiger partial charge in [0.25, 0.3) is 15.5 Å². The number of halogens is 3. The third kappa shape index (κ3) is 3.61. The molecule has 8 nitrogen and oxygen atoms in total. The predicted molar refractivity (Wildman–Crippen MR) is 88.9 cm³/mol. The van der Waals surface area contributed by atoms with Gasteiger partial charge in [0, 0.05) is 37.6 Å². The lowest BCUT2D eigenvalue weighted by molar-refractivity contribution is -0.384. The zero-order valence-corrected chi connectivity index (χ0v) is 14.7. The van der Waals surface area contributed by atoms with E-state index >= 15 is 0 Å². The fraction of sp³-hybridized carbons (Fsp3) is 0.400. The number of sulfone groups is 1. The first-order valence-electron chi connectivity index (χ1n) is 7.93. The predicted octanol–water partition coefficient (Wildman–Crippen LogP) is 2.75. The van der Waals surface area contributed by atoms with Crippen molar-refractivity contribution >= 4 is 21.2 Å². The van der Waals surface area contributed by atoms with Gasteiger partial charge in [0.1, 0.15) is 5.69 Å². The van der Waals surface area contributed by atoms with Gasteiger partial charge < -0.3 is 9.47 Å². The number of benzene rings is 1. The van der Waals surface area contributed by atoms with Crippen molar-refractivity contribution in [3.8, 4) is 0 Å². The summed E-state index contributed by atoms with van der Waals surface area (Å²) >= 11 is 0. The molecule has 0 N–H and O–H groups in total. The van der Waals surface area contributed by atoms with Gasteiger partial charge in [-0.3, -0.25) is 10.1 Å². The van der Waals surface area contributed by atoms with E-state index < -0.39 is 30.9 Å². The SMILES string of the molecule is O=[N+]([O-])c1cc(S(=O)(=O)C(F)(F)F)ccc1N1CCCC1Cn1ccnc1. The number of anilines is 1. The highest BCUT2D eigenvalue weighted by Crippen LogP contribution is 2.38. The fourth-order valence-corrected chi connectivity index (χ4v) is 3.96. The quantitative estimate of drug-likeness (QED) is 0.561. The summed E-state index contributed by atoms with van der Waals surface area (Å²) in [6.45, 7) is 0.978. The van der Waals surface area contributed by atoms with Crippen LogP contribution >= 0.6 is 0 Å². The first kappa shape index (κ1) is 19.1. The fourth-order valence-electron chi connectivity index (χ4n) is 3.17. The third-order valence-electron chi connectivity index (χ3n) is 4.43. The summed E-state index contributed by atoms with van der Waals surface area (Å²) in [5, 5.41) is 11.4. The van der Waals surface area contributed by atoms with E-state index in [9.17, 15) is 31.7 Å². The van der Waals surface area contributed by atoms with Crippen molar-refractivity contribution in [2.24, 2.45) is 0 Å². The number of nitro benzene ring substituents is 1. The Morgan fingerprint density at radius 3 is 2.67 bits per heavy atom. The maximum atomic E-state index is 12.8. The molecule has 3 rings (SSSR count). The first-order valence-corrected chi connectivity index (χ1v) is 9.42. The van der Waals surface area contributed by atoms with Crippen LogP contribution in [0.3, 0.4) is 0 Å². The maximum Gasteiger partial charge on any atom is 0.501 e. The van der Waals surface area contributed by atoms with Gasteiger partial charge in [-0.1, -0.05) is 0 Å². The first-order chi connectivity index (χ1) is 12.6. The van der Waals surface area contributed by atoms with Crippen LogP contribution in [0.25, 0.3) is 0 Å². The standard InChI is InChI=1S/C15H15F3N4O4S/c16-15(17,18)27(25,26)12-3-4-13(14(8-12)22(23)24)21-6-1-2-11(21)9-20-7-5-19-10-20/h3-5,7-8,10-11H,1-2,6,9H2. The average molecular weight is 404 g/mol. The molecule has 1 aromatic carbocycles. The molecular formula is C15H15F3N4O4S. The number of hydrogen-bond donors (Lipinski definition) is 0. The molecule has 146 valence electrons. The van der Waals surface area contributed by atoms with Gasteiger partial charge in [-0.15, -0.1) is 0 Å². The number of nitro groups is 1. The summed E-state index contributed by atoms with van der Waals surface area (Å²) in [4.78, 5) is 15.1. The van der Waals surface area contributed by atoms with Gasteiger partial charge in [0.2, 0.25) is 0 Å². The molecule has 27 heavy (non-hydrogen) atoms. The number of nitrogens with zero attached hydrogens (tertiary/aromatic N) is 4. The molecule has 0 aliphatic carbocycles. The monoisotopic (exact) mass is 404 g/mol. The van der Waals surface area contributed by atoms with Crippen LogP contribution in [-0.2, 0) is 16.4 Å². The molecule has 0 saturated carbocycles. The second kappa shape index (κ2) is 6.83. The molecule has 1 saturated heterocycles. The lowest BCUT2D eigenvalue weighted by Crippen LogP contribution is -2.33. The van der Waals surface area contributed by atoms with Crippen molar-refractivity contribution in [1.29, 1.82) is 0 Å². The van der Waals surface area contributed by atoms with Crippen LogP contribution in [0.15, 0.2) is 41.8 Å². The minimum Gasteiger partial charge on any atom is -0.361 e. The summed E-state index contributed by atoms with van der Waals surface area (Å²) in [5.74, 6) is 0. The van der Waals surface area contributed by atoms with E-state index in [-0.39, 0.29) is 11.7 Å². The Morgan fingerprint density at radius 1 is 1.33 bits per heavy atom. The van der Waals surface area contributed by atoms with Crippen LogP contribution in [-0.4, -0.2) is 41.0 Å². The van der Waals surface area contributed by atoms with E-state index in [0.29, 0.717) is 19.2 Å². The largest absolute Gasteiger partial charge is 0.501 e. The molecule has 12 heteroatoms. The van der Waals surface area contributed by atoms with E-state index in [2.05, 4.69) is 4.98 Å². The van der Waals surface area contributed by atoms with Crippen LogP contribution in [0.1, 0.15) is 12.8 Å². The second-order valence-corrected chi connectivity index (χ2v) is 8.05. The van der Waals surface area contributed by atoms with Crippen LogP contribution < -0.4 is 4.90 Å². The number of imidazole rings is 1. The van der Waals surface area contributed by atoms with Crippen molar-refractivity contribution in [3.63, 3.8) is 0 Å². The number of hydrogen-bond acceptors (Lipinski definition) is 6. The average Bonchev–Trinajstić information content (AvgIpc) is 3.25.